The first kappa shape index (κ1) is 31.7. The highest BCUT2D eigenvalue weighted by molar-refractivity contribution is 6.82. The van der Waals surface area contributed by atoms with E-state index >= 15 is 0 Å². The molecule has 9 heteroatoms. The highest BCUT2D eigenvalue weighted by Gasteiger charge is 2.33. The molecule has 3 aromatic carbocycles. The van der Waals surface area contributed by atoms with Crippen molar-refractivity contribution >= 4 is 58.9 Å². The Morgan fingerprint density at radius 1 is 0.429 bits per heavy atom. The van der Waals surface area contributed by atoms with E-state index in [1.165, 1.54) is 0 Å². The first-order chi connectivity index (χ1) is 19.7. The van der Waals surface area contributed by atoms with Crippen LogP contribution in [0.3, 0.4) is 0 Å². The van der Waals surface area contributed by atoms with Crippen molar-refractivity contribution in [3.63, 3.8) is 0 Å². The molecular formula is C33H48N6Si3. The predicted octanol–water partition coefficient (Wildman–Crippen LogP) is 9.26. The smallest absolute Gasteiger partial charge is 0.176 e. The maximum atomic E-state index is 5.53. The number of hydrogen-bond acceptors (Lipinski definition) is 6. The lowest BCUT2D eigenvalue weighted by Crippen LogP contribution is -2.48. The van der Waals surface area contributed by atoms with Gasteiger partial charge in [-0.25, -0.2) is 0 Å². The molecule has 1 saturated carbocycles. The van der Waals surface area contributed by atoms with Crippen LogP contribution in [0.25, 0.3) is 0 Å². The standard InChI is InChI=1S/C33H48N6Si3/c1-40(2,3)37(28-20-13-10-14-21-28)34-31-26-19-27-32(35-38(41(4,5)6)29-22-15-11-16-23-29)33(31)36-39(42(7,8)9)30-24-17-12-18-25-30/h10-18,20-25H,19,26-27H2,1-9H3. The molecule has 3 aromatic rings. The zero-order valence-electron chi connectivity index (χ0n) is 27.0. The number of anilines is 3. The molecule has 0 radical (unpaired) electrons. The lowest BCUT2D eigenvalue weighted by molar-refractivity contribution is 0.900. The fourth-order valence-electron chi connectivity index (χ4n) is 4.97. The van der Waals surface area contributed by atoms with Gasteiger partial charge in [0.15, 0.2) is 24.7 Å². The summed E-state index contributed by atoms with van der Waals surface area (Å²) in [4.78, 5) is 0. The number of benzene rings is 3. The average molecular weight is 613 g/mol. The molecule has 6 nitrogen and oxygen atoms in total. The van der Waals surface area contributed by atoms with Gasteiger partial charge in [-0.15, -0.1) is 0 Å². The van der Waals surface area contributed by atoms with Crippen LogP contribution in [-0.2, 0) is 0 Å². The second-order valence-corrected chi connectivity index (χ2v) is 28.1. The summed E-state index contributed by atoms with van der Waals surface area (Å²) in [5.74, 6) is 0. The van der Waals surface area contributed by atoms with E-state index < -0.39 is 24.7 Å². The lowest BCUT2D eigenvalue weighted by Gasteiger charge is -2.36. The van der Waals surface area contributed by atoms with Gasteiger partial charge in [0.05, 0.1) is 11.4 Å². The van der Waals surface area contributed by atoms with Crippen LogP contribution in [0, 0.1) is 0 Å². The van der Waals surface area contributed by atoms with Gasteiger partial charge in [0.1, 0.15) is 5.71 Å². The van der Waals surface area contributed by atoms with Crippen molar-refractivity contribution in [2.45, 2.75) is 78.2 Å². The molecule has 222 valence electrons. The molecule has 0 heterocycles. The van der Waals surface area contributed by atoms with Gasteiger partial charge in [-0.1, -0.05) is 54.6 Å². The minimum atomic E-state index is -1.93. The second-order valence-electron chi connectivity index (χ2n) is 13.9. The Balaban J connectivity index is 1.96. The van der Waals surface area contributed by atoms with Gasteiger partial charge >= 0.3 is 0 Å². The van der Waals surface area contributed by atoms with Gasteiger partial charge in [0.2, 0.25) is 0 Å². The fraction of sp³-hybridized carbons (Fsp3) is 0.364. The Kier molecular flexibility index (Phi) is 9.74. The van der Waals surface area contributed by atoms with Crippen LogP contribution >= 0.6 is 0 Å². The van der Waals surface area contributed by atoms with E-state index in [4.69, 9.17) is 15.3 Å². The molecule has 1 fully saturated rings. The summed E-state index contributed by atoms with van der Waals surface area (Å²) in [5.41, 5.74) is 6.34. The van der Waals surface area contributed by atoms with Crippen LogP contribution < -0.4 is 14.0 Å². The summed E-state index contributed by atoms with van der Waals surface area (Å²) >= 11 is 0. The number of rotatable bonds is 9. The third-order valence-corrected chi connectivity index (χ3v) is 11.8. The molecular weight excluding hydrogens is 565 g/mol. The molecule has 42 heavy (non-hydrogen) atoms. The Morgan fingerprint density at radius 2 is 0.714 bits per heavy atom. The quantitative estimate of drug-likeness (QED) is 0.179. The Bertz CT molecular complexity index is 1330. The van der Waals surface area contributed by atoms with E-state index in [9.17, 15) is 0 Å². The molecule has 0 spiro atoms. The summed E-state index contributed by atoms with van der Waals surface area (Å²) in [6.07, 6.45) is 2.74. The van der Waals surface area contributed by atoms with E-state index in [0.717, 1.165) is 53.5 Å². The van der Waals surface area contributed by atoms with Crippen LogP contribution in [0.2, 0.25) is 58.9 Å². The van der Waals surface area contributed by atoms with Crippen molar-refractivity contribution in [1.82, 2.24) is 0 Å². The minimum absolute atomic E-state index is 0.873. The molecule has 0 aromatic heterocycles. The molecule has 0 unspecified atom stereocenters. The number of hydrogen-bond donors (Lipinski definition) is 0. The number of nitrogens with zero attached hydrogens (tertiary/aromatic N) is 6. The molecule has 0 atom stereocenters. The normalized spacial score (nSPS) is 16.5. The van der Waals surface area contributed by atoms with Gasteiger partial charge in [0, 0.05) is 17.1 Å². The van der Waals surface area contributed by atoms with Crippen LogP contribution in [0.5, 0.6) is 0 Å². The summed E-state index contributed by atoms with van der Waals surface area (Å²) in [7, 11) is -5.68. The SMILES string of the molecule is C[Si](C)(C)N(N=C1CCCC(=NN(c2ccccc2)[Si](C)(C)C)C1=NN(c1ccccc1)[Si](C)(C)C)c1ccccc1. The van der Waals surface area contributed by atoms with Gasteiger partial charge in [0.25, 0.3) is 0 Å². The minimum Gasteiger partial charge on any atom is -0.295 e. The van der Waals surface area contributed by atoms with Crippen molar-refractivity contribution in [2.75, 3.05) is 14.0 Å². The van der Waals surface area contributed by atoms with E-state index in [2.05, 4.69) is 164 Å². The molecule has 0 saturated heterocycles. The first-order valence-electron chi connectivity index (χ1n) is 15.1. The molecule has 0 amide bonds. The highest BCUT2D eigenvalue weighted by Crippen LogP contribution is 2.28. The van der Waals surface area contributed by atoms with Crippen molar-refractivity contribution in [1.29, 1.82) is 0 Å². The van der Waals surface area contributed by atoms with E-state index in [1.807, 2.05) is 0 Å². The topological polar surface area (TPSA) is 46.8 Å². The van der Waals surface area contributed by atoms with Crippen LogP contribution in [0.15, 0.2) is 106 Å². The summed E-state index contributed by atoms with van der Waals surface area (Å²) < 4.78 is 6.85. The van der Waals surface area contributed by atoms with Gasteiger partial charge in [-0.2, -0.15) is 15.3 Å². The zero-order valence-corrected chi connectivity index (χ0v) is 30.0. The van der Waals surface area contributed by atoms with Crippen LogP contribution in [-0.4, -0.2) is 41.8 Å². The monoisotopic (exact) mass is 612 g/mol. The Labute approximate surface area is 256 Å². The van der Waals surface area contributed by atoms with Gasteiger partial charge in [-0.3, -0.25) is 14.0 Å². The molecule has 0 aliphatic heterocycles. The van der Waals surface area contributed by atoms with E-state index in [-0.39, 0.29) is 0 Å². The zero-order chi connectivity index (χ0) is 30.5. The Morgan fingerprint density at radius 3 is 1.00 bits per heavy atom. The van der Waals surface area contributed by atoms with Crippen molar-refractivity contribution < 1.29 is 0 Å². The predicted molar refractivity (Wildman–Crippen MR) is 193 cm³/mol. The van der Waals surface area contributed by atoms with E-state index in [0.29, 0.717) is 0 Å². The largest absolute Gasteiger partial charge is 0.295 e. The van der Waals surface area contributed by atoms with Gasteiger partial charge < -0.3 is 0 Å². The third kappa shape index (κ3) is 7.96. The first-order valence-corrected chi connectivity index (χ1v) is 25.4. The number of para-hydroxylation sites is 3. The summed E-state index contributed by atoms with van der Waals surface area (Å²) in [6, 6.07) is 31.8. The third-order valence-electron chi connectivity index (χ3n) is 6.92. The molecule has 0 bridgehead atoms. The fourth-order valence-corrected chi connectivity index (χ4v) is 8.98. The van der Waals surface area contributed by atoms with Crippen molar-refractivity contribution in [3.8, 4) is 0 Å². The average Bonchev–Trinajstić information content (AvgIpc) is 2.93. The van der Waals surface area contributed by atoms with E-state index in [1.54, 1.807) is 0 Å². The lowest BCUT2D eigenvalue weighted by atomic mass is 9.94. The highest BCUT2D eigenvalue weighted by atomic mass is 28.3. The molecule has 0 N–H and O–H groups in total. The van der Waals surface area contributed by atoms with Crippen molar-refractivity contribution in [2.24, 2.45) is 15.3 Å². The molecule has 1 aliphatic rings. The van der Waals surface area contributed by atoms with Crippen LogP contribution in [0.4, 0.5) is 17.1 Å². The van der Waals surface area contributed by atoms with Crippen LogP contribution in [0.1, 0.15) is 19.3 Å². The molecule has 4 rings (SSSR count). The maximum Gasteiger partial charge on any atom is 0.176 e. The molecule has 1 aliphatic carbocycles. The number of hydrazone groups is 3. The second kappa shape index (κ2) is 12.9. The summed E-state index contributed by atoms with van der Waals surface area (Å²) in [5, 5.41) is 16.4. The van der Waals surface area contributed by atoms with Gasteiger partial charge in [-0.05, 0) is 115 Å². The maximum absolute atomic E-state index is 5.53. The van der Waals surface area contributed by atoms with Crippen molar-refractivity contribution in [3.05, 3.63) is 91.0 Å². The Hall–Kier alpha value is -3.28. The summed E-state index contributed by atoms with van der Waals surface area (Å²) in [6.45, 7) is 21.1.